The van der Waals surface area contributed by atoms with Gasteiger partial charge >= 0.3 is 0 Å². The largest absolute Gasteiger partial charge is 0.381 e. The number of hydrogen-bond donors (Lipinski definition) is 2. The molecule has 124 valence electrons. The molecule has 1 saturated heterocycles. The Hall–Kier alpha value is -0.420. The van der Waals surface area contributed by atoms with Gasteiger partial charge < -0.3 is 15.4 Å². The maximum absolute atomic E-state index is 5.49. The van der Waals surface area contributed by atoms with Crippen LogP contribution in [0.4, 0.5) is 0 Å². The monoisotopic (exact) mass is 315 g/mol. The average molecular weight is 316 g/mol. The van der Waals surface area contributed by atoms with E-state index >= 15 is 0 Å². The zero-order valence-corrected chi connectivity index (χ0v) is 15.0. The highest BCUT2D eigenvalue weighted by Gasteiger charge is 2.31. The highest BCUT2D eigenvalue weighted by Crippen LogP contribution is 2.33. The number of aliphatic imine (C=N–C) groups is 1. The molecule has 4 nitrogen and oxygen atoms in total. The standard InChI is InChI=1S/C16H33N3OS/c1-5-17-15(18-10-6-7-14(2)3)19-13-16(21-4)8-11-20-12-9-16/h14H,5-13H2,1-4H3,(H2,17,18,19). The zero-order valence-electron chi connectivity index (χ0n) is 14.2. The van der Waals surface area contributed by atoms with Gasteiger partial charge in [0.15, 0.2) is 5.96 Å². The third-order valence-corrected chi connectivity index (χ3v) is 5.36. The predicted octanol–water partition coefficient (Wildman–Crippen LogP) is 2.89. The average Bonchev–Trinajstić information content (AvgIpc) is 2.49. The van der Waals surface area contributed by atoms with Crippen molar-refractivity contribution in [3.05, 3.63) is 0 Å². The molecule has 1 aliphatic heterocycles. The lowest BCUT2D eigenvalue weighted by molar-refractivity contribution is 0.0794. The van der Waals surface area contributed by atoms with Crippen LogP contribution in [-0.2, 0) is 4.74 Å². The van der Waals surface area contributed by atoms with Crippen molar-refractivity contribution >= 4 is 17.7 Å². The molecule has 1 aliphatic rings. The van der Waals surface area contributed by atoms with Gasteiger partial charge in [0.05, 0.1) is 6.54 Å². The Morgan fingerprint density at radius 3 is 2.57 bits per heavy atom. The fourth-order valence-electron chi connectivity index (χ4n) is 2.45. The maximum atomic E-state index is 5.49. The predicted molar refractivity (Wildman–Crippen MR) is 94.4 cm³/mol. The van der Waals surface area contributed by atoms with Gasteiger partial charge in [-0.05, 0) is 44.8 Å². The molecule has 5 heteroatoms. The molecule has 0 amide bonds. The molecule has 0 unspecified atom stereocenters. The van der Waals surface area contributed by atoms with Gasteiger partial charge in [-0.25, -0.2) is 0 Å². The van der Waals surface area contributed by atoms with E-state index in [9.17, 15) is 0 Å². The molecule has 0 aromatic heterocycles. The number of hydrogen-bond acceptors (Lipinski definition) is 3. The van der Waals surface area contributed by atoms with E-state index in [1.165, 1.54) is 12.8 Å². The van der Waals surface area contributed by atoms with E-state index in [4.69, 9.17) is 9.73 Å². The van der Waals surface area contributed by atoms with Gasteiger partial charge in [-0.15, -0.1) is 0 Å². The number of rotatable bonds is 8. The van der Waals surface area contributed by atoms with E-state index in [2.05, 4.69) is 37.7 Å². The van der Waals surface area contributed by atoms with Crippen molar-refractivity contribution in [2.75, 3.05) is 39.1 Å². The molecule has 0 aromatic rings. The summed E-state index contributed by atoms with van der Waals surface area (Å²) in [7, 11) is 0. The van der Waals surface area contributed by atoms with Crippen LogP contribution < -0.4 is 10.6 Å². The molecule has 21 heavy (non-hydrogen) atoms. The molecule has 0 radical (unpaired) electrons. The first-order valence-corrected chi connectivity index (χ1v) is 9.49. The third-order valence-electron chi connectivity index (χ3n) is 3.96. The first-order chi connectivity index (χ1) is 10.1. The minimum atomic E-state index is 0.262. The Morgan fingerprint density at radius 2 is 2.00 bits per heavy atom. The minimum Gasteiger partial charge on any atom is -0.381 e. The Bertz CT molecular complexity index is 302. The minimum absolute atomic E-state index is 0.262. The van der Waals surface area contributed by atoms with Crippen LogP contribution in [0.25, 0.3) is 0 Å². The van der Waals surface area contributed by atoms with Gasteiger partial charge in [-0.1, -0.05) is 13.8 Å². The second-order valence-electron chi connectivity index (χ2n) is 6.16. The molecule has 0 spiro atoms. The third kappa shape index (κ3) is 7.41. The van der Waals surface area contributed by atoms with E-state index in [0.29, 0.717) is 0 Å². The van der Waals surface area contributed by atoms with Crippen molar-refractivity contribution in [1.82, 2.24) is 10.6 Å². The topological polar surface area (TPSA) is 45.7 Å². The fourth-order valence-corrected chi connectivity index (χ4v) is 3.22. The Balaban J connectivity index is 2.45. The van der Waals surface area contributed by atoms with Crippen LogP contribution in [0.15, 0.2) is 4.99 Å². The van der Waals surface area contributed by atoms with E-state index in [1.54, 1.807) is 0 Å². The molecular weight excluding hydrogens is 282 g/mol. The normalized spacial score (nSPS) is 18.8. The quantitative estimate of drug-likeness (QED) is 0.411. The summed E-state index contributed by atoms with van der Waals surface area (Å²) in [4.78, 5) is 4.81. The number of ether oxygens (including phenoxy) is 1. The van der Waals surface area contributed by atoms with Crippen molar-refractivity contribution in [3.63, 3.8) is 0 Å². The first kappa shape index (κ1) is 18.6. The van der Waals surface area contributed by atoms with Crippen LogP contribution in [0.5, 0.6) is 0 Å². The Kier molecular flexibility index (Phi) is 9.16. The highest BCUT2D eigenvalue weighted by atomic mass is 32.2. The number of nitrogens with zero attached hydrogens (tertiary/aromatic N) is 1. The van der Waals surface area contributed by atoms with Crippen LogP contribution in [0, 0.1) is 5.92 Å². The Labute approximate surface area is 134 Å². The summed E-state index contributed by atoms with van der Waals surface area (Å²) in [5.41, 5.74) is 0. The van der Waals surface area contributed by atoms with Gasteiger partial charge in [-0.3, -0.25) is 4.99 Å². The van der Waals surface area contributed by atoms with E-state index in [1.807, 2.05) is 11.8 Å². The van der Waals surface area contributed by atoms with Crippen molar-refractivity contribution in [3.8, 4) is 0 Å². The first-order valence-electron chi connectivity index (χ1n) is 8.27. The molecule has 0 bridgehead atoms. The lowest BCUT2D eigenvalue weighted by Gasteiger charge is -2.34. The van der Waals surface area contributed by atoms with Gasteiger partial charge in [0, 0.05) is 31.1 Å². The number of nitrogens with one attached hydrogen (secondary N) is 2. The summed E-state index contributed by atoms with van der Waals surface area (Å²) in [6.45, 7) is 11.2. The van der Waals surface area contributed by atoms with Crippen molar-refractivity contribution < 1.29 is 4.74 Å². The van der Waals surface area contributed by atoms with Gasteiger partial charge in [0.25, 0.3) is 0 Å². The molecule has 1 fully saturated rings. The summed E-state index contributed by atoms with van der Waals surface area (Å²) in [6, 6.07) is 0. The molecule has 0 aliphatic carbocycles. The summed E-state index contributed by atoms with van der Waals surface area (Å²) in [5, 5.41) is 6.81. The van der Waals surface area contributed by atoms with E-state index < -0.39 is 0 Å². The molecular formula is C16H33N3OS. The van der Waals surface area contributed by atoms with Gasteiger partial charge in [-0.2, -0.15) is 11.8 Å². The van der Waals surface area contributed by atoms with Crippen molar-refractivity contribution in [2.45, 2.75) is 51.2 Å². The molecule has 2 N–H and O–H groups in total. The van der Waals surface area contributed by atoms with E-state index in [-0.39, 0.29) is 4.75 Å². The van der Waals surface area contributed by atoms with Crippen LogP contribution in [-0.4, -0.2) is 49.8 Å². The Morgan fingerprint density at radius 1 is 1.29 bits per heavy atom. The van der Waals surface area contributed by atoms with Crippen LogP contribution >= 0.6 is 11.8 Å². The SMILES string of the molecule is CCNC(=NCC1(SC)CCOCC1)NCCCC(C)C. The van der Waals surface area contributed by atoms with Crippen LogP contribution in [0.2, 0.25) is 0 Å². The summed E-state index contributed by atoms with van der Waals surface area (Å²) in [6.07, 6.45) is 6.86. The maximum Gasteiger partial charge on any atom is 0.191 e. The molecule has 0 saturated carbocycles. The highest BCUT2D eigenvalue weighted by molar-refractivity contribution is 8.00. The number of guanidine groups is 1. The second-order valence-corrected chi connectivity index (χ2v) is 7.43. The summed E-state index contributed by atoms with van der Waals surface area (Å²) in [5.74, 6) is 1.73. The molecule has 1 rings (SSSR count). The van der Waals surface area contributed by atoms with E-state index in [0.717, 1.165) is 57.6 Å². The number of thioether (sulfide) groups is 1. The van der Waals surface area contributed by atoms with Crippen molar-refractivity contribution in [1.29, 1.82) is 0 Å². The molecule has 0 atom stereocenters. The second kappa shape index (κ2) is 10.3. The van der Waals surface area contributed by atoms with Gasteiger partial charge in [0.2, 0.25) is 0 Å². The van der Waals surface area contributed by atoms with Crippen molar-refractivity contribution in [2.24, 2.45) is 10.9 Å². The molecule has 0 aromatic carbocycles. The summed E-state index contributed by atoms with van der Waals surface area (Å²) >= 11 is 1.94. The van der Waals surface area contributed by atoms with Crippen LogP contribution in [0.3, 0.4) is 0 Å². The smallest absolute Gasteiger partial charge is 0.191 e. The lowest BCUT2D eigenvalue weighted by Crippen LogP contribution is -2.41. The lowest BCUT2D eigenvalue weighted by atomic mass is 9.99. The van der Waals surface area contributed by atoms with Crippen LogP contribution in [0.1, 0.15) is 46.5 Å². The zero-order chi connectivity index (χ0) is 15.6. The molecule has 1 heterocycles. The fraction of sp³-hybridized carbons (Fsp3) is 0.938. The summed E-state index contributed by atoms with van der Waals surface area (Å²) < 4.78 is 5.75. The van der Waals surface area contributed by atoms with Gasteiger partial charge in [0.1, 0.15) is 0 Å².